The predicted octanol–water partition coefficient (Wildman–Crippen LogP) is 2.99. The highest BCUT2D eigenvalue weighted by Gasteiger charge is 2.59. The molecule has 4 nitrogen and oxygen atoms in total. The van der Waals surface area contributed by atoms with E-state index in [2.05, 4.69) is 23.1 Å². The average molecular weight is 300 g/mol. The van der Waals surface area contributed by atoms with E-state index in [0.717, 1.165) is 18.4 Å². The van der Waals surface area contributed by atoms with Crippen LogP contribution in [0.25, 0.3) is 0 Å². The first-order valence-corrected chi connectivity index (χ1v) is 8.14. The first-order chi connectivity index (χ1) is 10.6. The summed E-state index contributed by atoms with van der Waals surface area (Å²) in [5.74, 6) is 0. The molecule has 1 N–H and O–H groups in total. The second-order valence-corrected chi connectivity index (χ2v) is 6.61. The summed E-state index contributed by atoms with van der Waals surface area (Å²) in [4.78, 5) is 2.15. The van der Waals surface area contributed by atoms with Crippen molar-refractivity contribution in [2.45, 2.75) is 62.9 Å². The van der Waals surface area contributed by atoms with Crippen LogP contribution in [0.4, 0.5) is 0 Å². The fourth-order valence-electron chi connectivity index (χ4n) is 3.97. The summed E-state index contributed by atoms with van der Waals surface area (Å²) in [5, 5.41) is 21.0. The summed E-state index contributed by atoms with van der Waals surface area (Å²) in [6, 6.07) is 12.7. The molecule has 1 aromatic carbocycles. The van der Waals surface area contributed by atoms with Gasteiger partial charge in [0, 0.05) is 0 Å². The van der Waals surface area contributed by atoms with Crippen molar-refractivity contribution >= 4 is 0 Å². The largest absolute Gasteiger partial charge is 0.387 e. The van der Waals surface area contributed by atoms with Gasteiger partial charge in [-0.05, 0) is 38.2 Å². The SMILES string of the molecule is CCC(C)(O)C1(C#N)CCCC2OCC(c3ccccc3)N21. The van der Waals surface area contributed by atoms with E-state index in [4.69, 9.17) is 4.74 Å². The second-order valence-electron chi connectivity index (χ2n) is 6.61. The number of hydrogen-bond acceptors (Lipinski definition) is 4. The maximum Gasteiger partial charge on any atom is 0.140 e. The number of hydrogen-bond donors (Lipinski definition) is 1. The van der Waals surface area contributed by atoms with Gasteiger partial charge in [-0.3, -0.25) is 0 Å². The highest BCUT2D eigenvalue weighted by atomic mass is 16.5. The predicted molar refractivity (Wildman–Crippen MR) is 83.9 cm³/mol. The fourth-order valence-corrected chi connectivity index (χ4v) is 3.97. The number of piperidine rings is 1. The Balaban J connectivity index is 2.06. The van der Waals surface area contributed by atoms with E-state index in [0.29, 0.717) is 19.4 Å². The molecule has 1 aromatic rings. The summed E-state index contributed by atoms with van der Waals surface area (Å²) in [6.45, 7) is 4.31. The first kappa shape index (κ1) is 15.5. The maximum atomic E-state index is 11.0. The number of ether oxygens (including phenoxy) is 1. The summed E-state index contributed by atoms with van der Waals surface area (Å²) >= 11 is 0. The molecule has 0 aromatic heterocycles. The third kappa shape index (κ3) is 2.16. The van der Waals surface area contributed by atoms with Crippen LogP contribution in [0.15, 0.2) is 30.3 Å². The summed E-state index contributed by atoms with van der Waals surface area (Å²) in [6.07, 6.45) is 2.99. The smallest absolute Gasteiger partial charge is 0.140 e. The number of benzene rings is 1. The van der Waals surface area contributed by atoms with Crippen molar-refractivity contribution in [3.63, 3.8) is 0 Å². The number of fused-ring (bicyclic) bond motifs is 1. The molecule has 118 valence electrons. The van der Waals surface area contributed by atoms with E-state index in [1.54, 1.807) is 6.92 Å². The molecule has 2 fully saturated rings. The van der Waals surface area contributed by atoms with E-state index < -0.39 is 11.1 Å². The molecule has 0 bridgehead atoms. The van der Waals surface area contributed by atoms with Gasteiger partial charge >= 0.3 is 0 Å². The third-order valence-electron chi connectivity index (χ3n) is 5.47. The lowest BCUT2D eigenvalue weighted by Crippen LogP contribution is -2.65. The van der Waals surface area contributed by atoms with Gasteiger partial charge in [0.2, 0.25) is 0 Å². The number of nitrogens with zero attached hydrogens (tertiary/aromatic N) is 2. The van der Waals surface area contributed by atoms with Crippen molar-refractivity contribution in [3.8, 4) is 6.07 Å². The Morgan fingerprint density at radius 2 is 2.18 bits per heavy atom. The van der Waals surface area contributed by atoms with Crippen LogP contribution in [0, 0.1) is 11.3 Å². The minimum absolute atomic E-state index is 0.0316. The molecule has 22 heavy (non-hydrogen) atoms. The van der Waals surface area contributed by atoms with Crippen LogP contribution < -0.4 is 0 Å². The summed E-state index contributed by atoms with van der Waals surface area (Å²) in [5.41, 5.74) is -0.790. The van der Waals surface area contributed by atoms with E-state index in [1.165, 1.54) is 0 Å². The van der Waals surface area contributed by atoms with Gasteiger partial charge in [0.15, 0.2) is 0 Å². The standard InChI is InChI=1S/C18H24N2O2/c1-3-17(2,21)18(13-19)11-7-10-16-20(18)15(12-22-16)14-8-5-4-6-9-14/h4-6,8-9,15-16,21H,3,7,10-12H2,1-2H3. The molecule has 2 saturated heterocycles. The van der Waals surface area contributed by atoms with Crippen molar-refractivity contribution in [1.29, 1.82) is 5.26 Å². The fraction of sp³-hybridized carbons (Fsp3) is 0.611. The van der Waals surface area contributed by atoms with Crippen LogP contribution in [-0.4, -0.2) is 34.0 Å². The zero-order valence-corrected chi connectivity index (χ0v) is 13.3. The van der Waals surface area contributed by atoms with Gasteiger partial charge in [0.05, 0.1) is 24.3 Å². The molecular formula is C18H24N2O2. The van der Waals surface area contributed by atoms with Crippen LogP contribution in [0.1, 0.15) is 51.1 Å². The lowest BCUT2D eigenvalue weighted by Gasteiger charge is -2.52. The Morgan fingerprint density at radius 3 is 2.82 bits per heavy atom. The topological polar surface area (TPSA) is 56.5 Å². The Kier molecular flexibility index (Phi) is 3.98. The molecular weight excluding hydrogens is 276 g/mol. The zero-order chi connectivity index (χ0) is 15.8. The molecule has 4 atom stereocenters. The van der Waals surface area contributed by atoms with Crippen molar-refractivity contribution in [2.24, 2.45) is 0 Å². The van der Waals surface area contributed by atoms with E-state index >= 15 is 0 Å². The lowest BCUT2D eigenvalue weighted by molar-refractivity contribution is -0.141. The number of nitriles is 1. The minimum Gasteiger partial charge on any atom is -0.387 e. The van der Waals surface area contributed by atoms with Crippen molar-refractivity contribution in [3.05, 3.63) is 35.9 Å². The van der Waals surface area contributed by atoms with E-state index in [9.17, 15) is 10.4 Å². The Hall–Kier alpha value is -1.41. The average Bonchev–Trinajstić information content (AvgIpc) is 2.99. The van der Waals surface area contributed by atoms with Crippen LogP contribution >= 0.6 is 0 Å². The molecule has 0 aliphatic carbocycles. The van der Waals surface area contributed by atoms with Gasteiger partial charge in [-0.25, -0.2) is 4.90 Å². The molecule has 0 spiro atoms. The summed E-state index contributed by atoms with van der Waals surface area (Å²) in [7, 11) is 0. The molecule has 0 saturated carbocycles. The molecule has 2 aliphatic rings. The minimum atomic E-state index is -1.05. The number of aliphatic hydroxyl groups is 1. The highest BCUT2D eigenvalue weighted by molar-refractivity contribution is 5.27. The van der Waals surface area contributed by atoms with E-state index in [1.807, 2.05) is 25.1 Å². The van der Waals surface area contributed by atoms with Gasteiger partial charge in [0.1, 0.15) is 11.8 Å². The second kappa shape index (κ2) is 5.66. The zero-order valence-electron chi connectivity index (χ0n) is 13.3. The molecule has 2 aliphatic heterocycles. The van der Waals surface area contributed by atoms with E-state index in [-0.39, 0.29) is 12.3 Å². The molecule has 4 heteroatoms. The first-order valence-electron chi connectivity index (χ1n) is 8.14. The Morgan fingerprint density at radius 1 is 1.45 bits per heavy atom. The third-order valence-corrected chi connectivity index (χ3v) is 5.47. The lowest BCUT2D eigenvalue weighted by atomic mass is 9.72. The molecule has 0 amide bonds. The van der Waals surface area contributed by atoms with Gasteiger partial charge in [0.25, 0.3) is 0 Å². The van der Waals surface area contributed by atoms with Gasteiger partial charge in [-0.1, -0.05) is 37.3 Å². The van der Waals surface area contributed by atoms with Crippen LogP contribution in [0.2, 0.25) is 0 Å². The number of rotatable bonds is 3. The van der Waals surface area contributed by atoms with Gasteiger partial charge in [-0.15, -0.1) is 0 Å². The Bertz CT molecular complexity index is 566. The molecule has 0 radical (unpaired) electrons. The van der Waals surface area contributed by atoms with Crippen molar-refractivity contribution < 1.29 is 9.84 Å². The van der Waals surface area contributed by atoms with Crippen LogP contribution in [-0.2, 0) is 4.74 Å². The van der Waals surface area contributed by atoms with Gasteiger partial charge < -0.3 is 9.84 Å². The molecule has 2 heterocycles. The molecule has 4 unspecified atom stereocenters. The quantitative estimate of drug-likeness (QED) is 0.932. The Labute approximate surface area is 132 Å². The van der Waals surface area contributed by atoms with Crippen LogP contribution in [0.3, 0.4) is 0 Å². The molecule has 3 rings (SSSR count). The normalized spacial score (nSPS) is 34.6. The van der Waals surface area contributed by atoms with Gasteiger partial charge in [-0.2, -0.15) is 5.26 Å². The summed E-state index contributed by atoms with van der Waals surface area (Å²) < 4.78 is 5.98. The van der Waals surface area contributed by atoms with Crippen molar-refractivity contribution in [1.82, 2.24) is 4.90 Å². The maximum absolute atomic E-state index is 11.0. The highest BCUT2D eigenvalue weighted by Crippen LogP contribution is 2.48. The van der Waals surface area contributed by atoms with Crippen LogP contribution in [0.5, 0.6) is 0 Å². The monoisotopic (exact) mass is 300 g/mol. The van der Waals surface area contributed by atoms with Crippen molar-refractivity contribution in [2.75, 3.05) is 6.61 Å².